The molecule has 2 aromatic heterocycles. The summed E-state index contributed by atoms with van der Waals surface area (Å²) < 4.78 is 13.2. The summed E-state index contributed by atoms with van der Waals surface area (Å²) in [5.74, 6) is 1.81. The smallest absolute Gasteiger partial charge is 0.343 e. The predicted molar refractivity (Wildman–Crippen MR) is 106 cm³/mol. The van der Waals surface area contributed by atoms with E-state index in [1.165, 1.54) is 0 Å². The van der Waals surface area contributed by atoms with Gasteiger partial charge in [0.2, 0.25) is 5.88 Å². The molecule has 28 heavy (non-hydrogen) atoms. The molecular formula is C21H28N4O3. The molecule has 7 heteroatoms. The number of rotatable bonds is 3. The Morgan fingerprint density at radius 2 is 2.04 bits per heavy atom. The number of ether oxygens (including phenoxy) is 2. The number of fused-ring (bicyclic) bond motifs is 3. The van der Waals surface area contributed by atoms with E-state index >= 15 is 0 Å². The van der Waals surface area contributed by atoms with E-state index in [4.69, 9.17) is 14.5 Å². The van der Waals surface area contributed by atoms with E-state index in [1.807, 2.05) is 12.3 Å². The second-order valence-electron chi connectivity index (χ2n) is 9.65. The fraction of sp³-hybridized carbons (Fsp3) is 0.571. The third kappa shape index (κ3) is 3.23. The molecule has 0 amide bonds. The van der Waals surface area contributed by atoms with Gasteiger partial charge in [-0.25, -0.2) is 14.5 Å². The van der Waals surface area contributed by atoms with Crippen molar-refractivity contribution in [1.82, 2.24) is 14.8 Å². The van der Waals surface area contributed by atoms with Crippen LogP contribution in [0.2, 0.25) is 0 Å². The van der Waals surface area contributed by atoms with Crippen LogP contribution in [0.25, 0.3) is 5.82 Å². The molecule has 150 valence electrons. The summed E-state index contributed by atoms with van der Waals surface area (Å²) in [6, 6.07) is 5.38. The van der Waals surface area contributed by atoms with Crippen molar-refractivity contribution >= 4 is 11.8 Å². The van der Waals surface area contributed by atoms with Gasteiger partial charge >= 0.3 is 5.97 Å². The van der Waals surface area contributed by atoms with Crippen LogP contribution in [0.15, 0.2) is 24.4 Å². The standard InChI is InChI=1S/C21H28N4O3/c1-13-11-21(5,6)25-17-14(19(26)28-18(13)25)7-8-15(22-17)24-10-9-16(23-24)27-12-20(2,3)4/h7-10,13,18H,11-12H2,1-6H3/t13-,18?/m0/s1. The minimum Gasteiger partial charge on any atom is -0.476 e. The Kier molecular flexibility index (Phi) is 4.17. The average Bonchev–Trinajstić information content (AvgIpc) is 3.15. The minimum atomic E-state index is -0.311. The highest BCUT2D eigenvalue weighted by Crippen LogP contribution is 2.45. The highest BCUT2D eigenvalue weighted by atomic mass is 16.6. The van der Waals surface area contributed by atoms with Crippen LogP contribution in [0.3, 0.4) is 0 Å². The Bertz CT molecular complexity index is 913. The van der Waals surface area contributed by atoms with Crippen molar-refractivity contribution in [1.29, 1.82) is 0 Å². The Morgan fingerprint density at radius 3 is 2.75 bits per heavy atom. The van der Waals surface area contributed by atoms with E-state index in [2.05, 4.69) is 51.5 Å². The van der Waals surface area contributed by atoms with Crippen LogP contribution in [0, 0.1) is 11.3 Å². The molecule has 0 saturated carbocycles. The van der Waals surface area contributed by atoms with E-state index in [9.17, 15) is 4.79 Å². The lowest BCUT2D eigenvalue weighted by molar-refractivity contribution is 0.0185. The largest absolute Gasteiger partial charge is 0.476 e. The maximum Gasteiger partial charge on any atom is 0.343 e. The minimum absolute atomic E-state index is 0.0568. The lowest BCUT2D eigenvalue weighted by Crippen LogP contribution is -2.49. The average molecular weight is 384 g/mol. The summed E-state index contributed by atoms with van der Waals surface area (Å²) in [6.07, 6.45) is 2.48. The van der Waals surface area contributed by atoms with Gasteiger partial charge in [0.25, 0.3) is 0 Å². The van der Waals surface area contributed by atoms with Gasteiger partial charge in [0.15, 0.2) is 12.0 Å². The van der Waals surface area contributed by atoms with Gasteiger partial charge in [0.05, 0.1) is 6.61 Å². The number of pyridine rings is 1. The van der Waals surface area contributed by atoms with Crippen LogP contribution < -0.4 is 9.64 Å². The second kappa shape index (κ2) is 6.22. The summed E-state index contributed by atoms with van der Waals surface area (Å²) in [7, 11) is 0. The van der Waals surface area contributed by atoms with E-state index < -0.39 is 0 Å². The lowest BCUT2D eigenvalue weighted by atomic mass is 9.97. The molecule has 1 fully saturated rings. The van der Waals surface area contributed by atoms with Crippen LogP contribution in [-0.2, 0) is 4.74 Å². The number of anilines is 1. The summed E-state index contributed by atoms with van der Waals surface area (Å²) >= 11 is 0. The first-order valence-electron chi connectivity index (χ1n) is 9.75. The molecule has 2 aliphatic rings. The molecule has 0 bridgehead atoms. The maximum atomic E-state index is 12.5. The van der Waals surface area contributed by atoms with Crippen LogP contribution in [0.5, 0.6) is 5.88 Å². The van der Waals surface area contributed by atoms with E-state index in [0.717, 1.165) is 6.42 Å². The van der Waals surface area contributed by atoms with E-state index in [1.54, 1.807) is 16.8 Å². The zero-order valence-electron chi connectivity index (χ0n) is 17.4. The molecule has 2 atom stereocenters. The quantitative estimate of drug-likeness (QED) is 0.750. The lowest BCUT2D eigenvalue weighted by Gasteiger charge is -2.40. The summed E-state index contributed by atoms with van der Waals surface area (Å²) in [6.45, 7) is 13.4. The van der Waals surface area contributed by atoms with Crippen molar-refractivity contribution in [2.45, 2.75) is 59.7 Å². The van der Waals surface area contributed by atoms with Gasteiger partial charge in [-0.1, -0.05) is 27.7 Å². The SMILES string of the molecule is C[C@H]1CC(C)(C)N2c3nc(-n4ccc(OCC(C)(C)C)n4)ccc3C(=O)OC12. The van der Waals surface area contributed by atoms with Crippen molar-refractivity contribution in [3.05, 3.63) is 30.0 Å². The normalized spacial score (nSPS) is 23.2. The number of nitrogens with zero attached hydrogens (tertiary/aromatic N) is 4. The summed E-state index contributed by atoms with van der Waals surface area (Å²) in [5.41, 5.74) is 0.413. The Morgan fingerprint density at radius 1 is 1.29 bits per heavy atom. The van der Waals surface area contributed by atoms with Crippen LogP contribution >= 0.6 is 0 Å². The van der Waals surface area contributed by atoms with Gasteiger partial charge in [-0.3, -0.25) is 0 Å². The fourth-order valence-electron chi connectivity index (χ4n) is 4.05. The van der Waals surface area contributed by atoms with Crippen molar-refractivity contribution < 1.29 is 14.3 Å². The maximum absolute atomic E-state index is 12.5. The van der Waals surface area contributed by atoms with Gasteiger partial charge in [-0.2, -0.15) is 0 Å². The molecule has 7 nitrogen and oxygen atoms in total. The van der Waals surface area contributed by atoms with Crippen molar-refractivity contribution in [2.24, 2.45) is 11.3 Å². The molecule has 0 radical (unpaired) electrons. The van der Waals surface area contributed by atoms with Crippen LogP contribution in [0.4, 0.5) is 5.82 Å². The van der Waals surface area contributed by atoms with Crippen molar-refractivity contribution in [2.75, 3.05) is 11.5 Å². The van der Waals surface area contributed by atoms with Gasteiger partial charge in [0.1, 0.15) is 11.4 Å². The Balaban J connectivity index is 1.68. The second-order valence-corrected chi connectivity index (χ2v) is 9.65. The zero-order chi connectivity index (χ0) is 20.3. The highest BCUT2D eigenvalue weighted by Gasteiger charge is 2.50. The number of carbonyl (C=O) groups is 1. The van der Waals surface area contributed by atoms with Gasteiger partial charge in [0, 0.05) is 23.7 Å². The predicted octanol–water partition coefficient (Wildman–Crippen LogP) is 3.81. The first-order valence-corrected chi connectivity index (χ1v) is 9.75. The van der Waals surface area contributed by atoms with Crippen molar-refractivity contribution in [3.8, 4) is 11.7 Å². The molecule has 2 aliphatic heterocycles. The molecule has 0 aliphatic carbocycles. The molecule has 1 saturated heterocycles. The van der Waals surface area contributed by atoms with Crippen LogP contribution in [-0.4, -0.2) is 39.1 Å². The topological polar surface area (TPSA) is 69.5 Å². The fourth-order valence-corrected chi connectivity index (χ4v) is 4.05. The summed E-state index contributed by atoms with van der Waals surface area (Å²) in [5, 5.41) is 4.49. The molecule has 0 aromatic carbocycles. The Labute approximate surface area is 165 Å². The van der Waals surface area contributed by atoms with Gasteiger partial charge < -0.3 is 14.4 Å². The number of aromatic nitrogens is 3. The molecule has 4 heterocycles. The molecule has 0 N–H and O–H groups in total. The number of carbonyl (C=O) groups excluding carboxylic acids is 1. The third-order valence-electron chi connectivity index (χ3n) is 5.20. The molecular weight excluding hydrogens is 356 g/mol. The first kappa shape index (κ1) is 18.8. The van der Waals surface area contributed by atoms with Gasteiger partial charge in [-0.15, -0.1) is 5.10 Å². The molecule has 0 spiro atoms. The molecule has 4 rings (SSSR count). The molecule has 2 aromatic rings. The van der Waals surface area contributed by atoms with Gasteiger partial charge in [-0.05, 0) is 37.8 Å². The zero-order valence-corrected chi connectivity index (χ0v) is 17.4. The number of esters is 1. The first-order chi connectivity index (χ1) is 13.0. The van der Waals surface area contributed by atoms with E-state index in [0.29, 0.717) is 29.7 Å². The third-order valence-corrected chi connectivity index (χ3v) is 5.20. The van der Waals surface area contributed by atoms with Crippen molar-refractivity contribution in [3.63, 3.8) is 0 Å². The highest BCUT2D eigenvalue weighted by molar-refractivity contribution is 5.97. The molecule has 1 unspecified atom stereocenters. The van der Waals surface area contributed by atoms with E-state index in [-0.39, 0.29) is 29.1 Å². The number of hydrogen-bond acceptors (Lipinski definition) is 6. The monoisotopic (exact) mass is 384 g/mol. The number of hydrogen-bond donors (Lipinski definition) is 0. The summed E-state index contributed by atoms with van der Waals surface area (Å²) in [4.78, 5) is 19.4. The Hall–Kier alpha value is -2.57. The van der Waals surface area contributed by atoms with Crippen LogP contribution in [0.1, 0.15) is 58.3 Å².